The predicted octanol–water partition coefficient (Wildman–Crippen LogP) is 2.41. The number of carbonyl (C=O) groups excluding carboxylic acids is 2. The highest BCUT2D eigenvalue weighted by Crippen LogP contribution is 2.22. The van der Waals surface area contributed by atoms with E-state index >= 15 is 0 Å². The van der Waals surface area contributed by atoms with Crippen molar-refractivity contribution in [1.82, 2.24) is 5.32 Å². The lowest BCUT2D eigenvalue weighted by Crippen LogP contribution is -2.37. The van der Waals surface area contributed by atoms with Crippen molar-refractivity contribution in [2.75, 3.05) is 11.4 Å². The van der Waals surface area contributed by atoms with Gasteiger partial charge >= 0.3 is 0 Å². The fourth-order valence-electron chi connectivity index (χ4n) is 2.42. The third-order valence-electron chi connectivity index (χ3n) is 3.59. The Morgan fingerprint density at radius 1 is 1.35 bits per heavy atom. The number of amides is 2. The van der Waals surface area contributed by atoms with Crippen LogP contribution in [0.2, 0.25) is 0 Å². The van der Waals surface area contributed by atoms with Gasteiger partial charge in [0.15, 0.2) is 0 Å². The molecule has 1 aliphatic rings. The first kappa shape index (κ1) is 14.6. The molecule has 0 bridgehead atoms. The normalized spacial score (nSPS) is 18.4. The molecule has 20 heavy (non-hydrogen) atoms. The van der Waals surface area contributed by atoms with E-state index in [2.05, 4.69) is 12.2 Å². The van der Waals surface area contributed by atoms with E-state index in [0.29, 0.717) is 19.4 Å². The van der Waals surface area contributed by atoms with Crippen LogP contribution >= 0.6 is 0 Å². The molecule has 1 N–H and O–H groups in total. The summed E-state index contributed by atoms with van der Waals surface area (Å²) in [4.78, 5) is 25.5. The Hall–Kier alpha value is -1.84. The highest BCUT2D eigenvalue weighted by atomic mass is 16.2. The van der Waals surface area contributed by atoms with Crippen LogP contribution < -0.4 is 10.2 Å². The quantitative estimate of drug-likeness (QED) is 0.896. The molecule has 2 rings (SSSR count). The summed E-state index contributed by atoms with van der Waals surface area (Å²) in [7, 11) is 0. The smallest absolute Gasteiger partial charge is 0.229 e. The lowest BCUT2D eigenvalue weighted by atomic mass is 10.2. The van der Waals surface area contributed by atoms with Crippen LogP contribution in [0.15, 0.2) is 24.3 Å². The first-order chi connectivity index (χ1) is 9.60. The summed E-state index contributed by atoms with van der Waals surface area (Å²) < 4.78 is 0. The van der Waals surface area contributed by atoms with E-state index in [1.807, 2.05) is 31.2 Å². The van der Waals surface area contributed by atoms with Gasteiger partial charge in [0.2, 0.25) is 11.8 Å². The van der Waals surface area contributed by atoms with Gasteiger partial charge in [-0.25, -0.2) is 0 Å². The van der Waals surface area contributed by atoms with Gasteiger partial charge in [0.25, 0.3) is 0 Å². The zero-order chi connectivity index (χ0) is 14.5. The average molecular weight is 274 g/mol. The lowest BCUT2D eigenvalue weighted by Gasteiger charge is -2.17. The number of carbonyl (C=O) groups is 2. The number of hydrogen-bond acceptors (Lipinski definition) is 2. The summed E-state index contributed by atoms with van der Waals surface area (Å²) in [5, 5.41) is 2.95. The van der Waals surface area contributed by atoms with Crippen molar-refractivity contribution >= 4 is 17.5 Å². The summed E-state index contributed by atoms with van der Waals surface area (Å²) in [6.45, 7) is 4.65. The van der Waals surface area contributed by atoms with Gasteiger partial charge in [-0.3, -0.25) is 9.59 Å². The number of rotatable bonds is 5. The van der Waals surface area contributed by atoms with Crippen LogP contribution in [-0.4, -0.2) is 24.4 Å². The van der Waals surface area contributed by atoms with Crippen LogP contribution in [0.3, 0.4) is 0 Å². The van der Waals surface area contributed by atoms with Crippen molar-refractivity contribution in [2.45, 2.75) is 45.6 Å². The molecule has 2 amide bonds. The standard InChI is InChI=1S/C16H22N2O2/c1-3-4-5-15(19)17-13-10-16(20)18(11-13)14-8-6-12(2)7-9-14/h6-9,13H,3-5,10-11H2,1-2H3,(H,17,19). The molecule has 0 saturated carbocycles. The Labute approximate surface area is 120 Å². The molecule has 1 unspecified atom stereocenters. The van der Waals surface area contributed by atoms with Crippen LogP contribution in [0, 0.1) is 6.92 Å². The maximum Gasteiger partial charge on any atom is 0.229 e. The molecular formula is C16H22N2O2. The molecule has 1 heterocycles. The van der Waals surface area contributed by atoms with Crippen LogP contribution in [-0.2, 0) is 9.59 Å². The van der Waals surface area contributed by atoms with Crippen LogP contribution in [0.5, 0.6) is 0 Å². The van der Waals surface area contributed by atoms with Gasteiger partial charge in [0.1, 0.15) is 0 Å². The maximum atomic E-state index is 12.0. The SMILES string of the molecule is CCCCC(=O)NC1CC(=O)N(c2ccc(C)cc2)C1. The fraction of sp³-hybridized carbons (Fsp3) is 0.500. The second-order valence-corrected chi connectivity index (χ2v) is 5.41. The van der Waals surface area contributed by atoms with E-state index in [4.69, 9.17) is 0 Å². The Bertz CT molecular complexity index is 482. The van der Waals surface area contributed by atoms with Crippen molar-refractivity contribution < 1.29 is 9.59 Å². The van der Waals surface area contributed by atoms with Gasteiger partial charge in [-0.05, 0) is 25.5 Å². The number of aryl methyl sites for hydroxylation is 1. The predicted molar refractivity (Wildman–Crippen MR) is 79.6 cm³/mol. The van der Waals surface area contributed by atoms with E-state index in [9.17, 15) is 9.59 Å². The zero-order valence-electron chi connectivity index (χ0n) is 12.2. The third kappa shape index (κ3) is 3.59. The highest BCUT2D eigenvalue weighted by Gasteiger charge is 2.31. The number of nitrogens with one attached hydrogen (secondary N) is 1. The molecule has 1 fully saturated rings. The van der Waals surface area contributed by atoms with Crippen molar-refractivity contribution in [3.05, 3.63) is 29.8 Å². The molecule has 0 spiro atoms. The minimum absolute atomic E-state index is 0.0513. The second-order valence-electron chi connectivity index (χ2n) is 5.41. The van der Waals surface area contributed by atoms with E-state index in [1.165, 1.54) is 5.56 Å². The summed E-state index contributed by atoms with van der Waals surface area (Å²) >= 11 is 0. The topological polar surface area (TPSA) is 49.4 Å². The summed E-state index contributed by atoms with van der Waals surface area (Å²) in [6, 6.07) is 7.84. The molecule has 108 valence electrons. The molecule has 0 aromatic heterocycles. The van der Waals surface area contributed by atoms with E-state index in [-0.39, 0.29) is 17.9 Å². The van der Waals surface area contributed by atoms with Gasteiger partial charge in [0, 0.05) is 25.1 Å². The first-order valence-corrected chi connectivity index (χ1v) is 7.26. The molecule has 0 radical (unpaired) electrons. The molecule has 0 aliphatic carbocycles. The minimum Gasteiger partial charge on any atom is -0.351 e. The van der Waals surface area contributed by atoms with Gasteiger partial charge in [-0.2, -0.15) is 0 Å². The first-order valence-electron chi connectivity index (χ1n) is 7.26. The lowest BCUT2D eigenvalue weighted by molar-refractivity contribution is -0.121. The maximum absolute atomic E-state index is 12.0. The number of benzene rings is 1. The Morgan fingerprint density at radius 3 is 2.70 bits per heavy atom. The van der Waals surface area contributed by atoms with Gasteiger partial charge in [-0.1, -0.05) is 31.0 Å². The molecule has 4 nitrogen and oxygen atoms in total. The Balaban J connectivity index is 1.93. The van der Waals surface area contributed by atoms with Crippen molar-refractivity contribution in [3.8, 4) is 0 Å². The minimum atomic E-state index is -0.0619. The molecule has 1 aliphatic heterocycles. The molecule has 1 saturated heterocycles. The number of anilines is 1. The van der Waals surface area contributed by atoms with Crippen LogP contribution in [0.4, 0.5) is 5.69 Å². The molecule has 4 heteroatoms. The monoisotopic (exact) mass is 274 g/mol. The van der Waals surface area contributed by atoms with Crippen molar-refractivity contribution in [3.63, 3.8) is 0 Å². The number of hydrogen-bond donors (Lipinski definition) is 1. The van der Waals surface area contributed by atoms with Crippen molar-refractivity contribution in [1.29, 1.82) is 0 Å². The largest absolute Gasteiger partial charge is 0.351 e. The number of unbranched alkanes of at least 4 members (excludes halogenated alkanes) is 1. The summed E-state index contributed by atoms with van der Waals surface area (Å²) in [5.74, 6) is 0.130. The molecular weight excluding hydrogens is 252 g/mol. The number of nitrogens with zero attached hydrogens (tertiary/aromatic N) is 1. The fourth-order valence-corrected chi connectivity index (χ4v) is 2.42. The average Bonchev–Trinajstić information content (AvgIpc) is 2.78. The van der Waals surface area contributed by atoms with Crippen LogP contribution in [0.1, 0.15) is 38.2 Å². The highest BCUT2D eigenvalue weighted by molar-refractivity contribution is 5.96. The van der Waals surface area contributed by atoms with Gasteiger partial charge < -0.3 is 10.2 Å². The van der Waals surface area contributed by atoms with Gasteiger partial charge in [0.05, 0.1) is 6.04 Å². The van der Waals surface area contributed by atoms with E-state index in [0.717, 1.165) is 18.5 Å². The molecule has 1 aromatic rings. The van der Waals surface area contributed by atoms with E-state index in [1.54, 1.807) is 4.90 Å². The van der Waals surface area contributed by atoms with Crippen molar-refractivity contribution in [2.24, 2.45) is 0 Å². The Morgan fingerprint density at radius 2 is 2.05 bits per heavy atom. The molecule has 1 aromatic carbocycles. The molecule has 1 atom stereocenters. The van der Waals surface area contributed by atoms with Gasteiger partial charge in [-0.15, -0.1) is 0 Å². The summed E-state index contributed by atoms with van der Waals surface area (Å²) in [5.41, 5.74) is 2.08. The second kappa shape index (κ2) is 6.55. The summed E-state index contributed by atoms with van der Waals surface area (Å²) in [6.07, 6.45) is 2.85. The van der Waals surface area contributed by atoms with Crippen LogP contribution in [0.25, 0.3) is 0 Å². The Kier molecular flexibility index (Phi) is 4.77. The zero-order valence-corrected chi connectivity index (χ0v) is 12.2. The van der Waals surface area contributed by atoms with E-state index < -0.39 is 0 Å². The third-order valence-corrected chi connectivity index (χ3v) is 3.59.